The molecule has 0 aliphatic carbocycles. The number of nitrogens with zero attached hydrogens (tertiary/aromatic N) is 1. The Bertz CT molecular complexity index is 604. The number of anilines is 1. The lowest BCUT2D eigenvalue weighted by molar-refractivity contribution is -0.115. The van der Waals surface area contributed by atoms with Crippen LogP contribution in [0, 0.1) is 6.92 Å². The molecule has 3 rings (SSSR count). The van der Waals surface area contributed by atoms with E-state index in [-0.39, 0.29) is 5.91 Å². The molecule has 2 aliphatic heterocycles. The first kappa shape index (κ1) is 13.6. The van der Waals surface area contributed by atoms with Crippen LogP contribution in [0.4, 0.5) is 5.69 Å². The molecule has 104 valence electrons. The summed E-state index contributed by atoms with van der Waals surface area (Å²) in [6.07, 6.45) is 4.47. The van der Waals surface area contributed by atoms with E-state index in [2.05, 4.69) is 35.3 Å². The summed E-state index contributed by atoms with van der Waals surface area (Å²) >= 11 is 6.33. The van der Waals surface area contributed by atoms with Crippen LogP contribution in [0.1, 0.15) is 24.0 Å². The maximum absolute atomic E-state index is 11.7. The molecule has 1 aromatic carbocycles. The van der Waals surface area contributed by atoms with Crippen molar-refractivity contribution in [3.63, 3.8) is 0 Å². The van der Waals surface area contributed by atoms with Gasteiger partial charge in [-0.25, -0.2) is 0 Å². The van der Waals surface area contributed by atoms with Crippen LogP contribution in [0.15, 0.2) is 23.1 Å². The van der Waals surface area contributed by atoms with E-state index in [9.17, 15) is 4.79 Å². The molecule has 0 saturated carbocycles. The zero-order valence-corrected chi connectivity index (χ0v) is 12.9. The molecular formula is C15H16N2OS2. The average molecular weight is 304 g/mol. The maximum Gasteiger partial charge on any atom is 0.263 e. The molecule has 0 unspecified atom stereocenters. The van der Waals surface area contributed by atoms with E-state index < -0.39 is 0 Å². The number of carbonyl (C=O) groups excluding carboxylic acids is 1. The molecule has 2 heterocycles. The lowest BCUT2D eigenvalue weighted by Gasteiger charge is -2.18. The number of nitrogens with one attached hydrogen (secondary N) is 1. The van der Waals surface area contributed by atoms with Crippen molar-refractivity contribution in [3.05, 3.63) is 34.2 Å². The summed E-state index contributed by atoms with van der Waals surface area (Å²) in [5.41, 5.74) is 3.55. The van der Waals surface area contributed by atoms with E-state index >= 15 is 0 Å². The third kappa shape index (κ3) is 2.74. The van der Waals surface area contributed by atoms with Crippen LogP contribution in [-0.2, 0) is 4.79 Å². The zero-order valence-electron chi connectivity index (χ0n) is 11.3. The van der Waals surface area contributed by atoms with Crippen molar-refractivity contribution in [1.29, 1.82) is 0 Å². The van der Waals surface area contributed by atoms with Crippen LogP contribution in [0.3, 0.4) is 0 Å². The number of aryl methyl sites for hydroxylation is 1. The Labute approximate surface area is 128 Å². The van der Waals surface area contributed by atoms with Crippen LogP contribution in [0.2, 0.25) is 0 Å². The summed E-state index contributed by atoms with van der Waals surface area (Å²) < 4.78 is 0.535. The third-order valence-electron chi connectivity index (χ3n) is 3.65. The van der Waals surface area contributed by atoms with Crippen molar-refractivity contribution in [2.75, 3.05) is 18.0 Å². The molecule has 2 saturated heterocycles. The number of thioether (sulfide) groups is 1. The number of hydrogen-bond acceptors (Lipinski definition) is 4. The normalized spacial score (nSPS) is 20.9. The molecule has 5 heteroatoms. The Morgan fingerprint density at radius 3 is 2.70 bits per heavy atom. The summed E-state index contributed by atoms with van der Waals surface area (Å²) in [7, 11) is 0. The lowest BCUT2D eigenvalue weighted by atomic mass is 10.1. The molecule has 0 atom stereocenters. The van der Waals surface area contributed by atoms with Gasteiger partial charge in [-0.05, 0) is 49.1 Å². The van der Waals surface area contributed by atoms with E-state index in [1.807, 2.05) is 6.08 Å². The Morgan fingerprint density at radius 2 is 2.10 bits per heavy atom. The van der Waals surface area contributed by atoms with Gasteiger partial charge in [-0.3, -0.25) is 4.79 Å². The Balaban J connectivity index is 1.86. The molecule has 0 spiro atoms. The average Bonchev–Trinajstić information content (AvgIpc) is 3.02. The first-order valence-electron chi connectivity index (χ1n) is 6.74. The van der Waals surface area contributed by atoms with Gasteiger partial charge in [0.2, 0.25) is 0 Å². The molecule has 2 fully saturated rings. The van der Waals surface area contributed by atoms with Crippen LogP contribution in [0.25, 0.3) is 6.08 Å². The Hall–Kier alpha value is -1.33. The topological polar surface area (TPSA) is 32.3 Å². The minimum absolute atomic E-state index is 0.0944. The lowest BCUT2D eigenvalue weighted by Crippen LogP contribution is -2.18. The van der Waals surface area contributed by atoms with Gasteiger partial charge in [-0.1, -0.05) is 30.0 Å². The van der Waals surface area contributed by atoms with Gasteiger partial charge in [-0.2, -0.15) is 0 Å². The molecule has 20 heavy (non-hydrogen) atoms. The fraction of sp³-hybridized carbons (Fsp3) is 0.333. The van der Waals surface area contributed by atoms with Gasteiger partial charge >= 0.3 is 0 Å². The third-order valence-corrected chi connectivity index (χ3v) is 4.82. The van der Waals surface area contributed by atoms with Crippen LogP contribution >= 0.6 is 24.0 Å². The molecule has 2 aliphatic rings. The van der Waals surface area contributed by atoms with Gasteiger partial charge in [0.25, 0.3) is 5.91 Å². The predicted octanol–water partition coefficient (Wildman–Crippen LogP) is 3.08. The first-order chi connectivity index (χ1) is 9.63. The van der Waals surface area contributed by atoms with Crippen LogP contribution < -0.4 is 10.2 Å². The van der Waals surface area contributed by atoms with E-state index in [4.69, 9.17) is 12.2 Å². The summed E-state index contributed by atoms with van der Waals surface area (Å²) in [5, 5.41) is 2.64. The van der Waals surface area contributed by atoms with Crippen molar-refractivity contribution in [2.45, 2.75) is 19.8 Å². The van der Waals surface area contributed by atoms with Gasteiger partial charge < -0.3 is 10.2 Å². The summed E-state index contributed by atoms with van der Waals surface area (Å²) in [5.74, 6) is -0.0944. The van der Waals surface area contributed by atoms with Crippen molar-refractivity contribution in [1.82, 2.24) is 5.32 Å². The summed E-state index contributed by atoms with van der Waals surface area (Å²) in [4.78, 5) is 14.8. The van der Waals surface area contributed by atoms with E-state index in [1.54, 1.807) is 0 Å². The number of thiocarbonyl (C=S) groups is 1. The van der Waals surface area contributed by atoms with Gasteiger partial charge in [0.1, 0.15) is 4.32 Å². The van der Waals surface area contributed by atoms with Crippen molar-refractivity contribution < 1.29 is 4.79 Å². The quantitative estimate of drug-likeness (QED) is 0.672. The fourth-order valence-corrected chi connectivity index (χ4v) is 3.59. The smallest absolute Gasteiger partial charge is 0.263 e. The molecule has 0 bridgehead atoms. The monoisotopic (exact) mass is 304 g/mol. The highest BCUT2D eigenvalue weighted by Gasteiger charge is 2.22. The second-order valence-electron chi connectivity index (χ2n) is 5.09. The molecule has 1 aromatic rings. The molecule has 0 radical (unpaired) electrons. The number of hydrogen-bond donors (Lipinski definition) is 1. The minimum atomic E-state index is -0.0944. The van der Waals surface area contributed by atoms with E-state index in [0.29, 0.717) is 9.23 Å². The number of carbonyl (C=O) groups is 1. The first-order valence-corrected chi connectivity index (χ1v) is 7.96. The second-order valence-corrected chi connectivity index (χ2v) is 6.81. The van der Waals surface area contributed by atoms with Gasteiger partial charge in [0.05, 0.1) is 4.91 Å². The zero-order chi connectivity index (χ0) is 14.1. The van der Waals surface area contributed by atoms with Crippen molar-refractivity contribution >= 4 is 46.0 Å². The molecule has 3 nitrogen and oxygen atoms in total. The molecule has 0 aromatic heterocycles. The number of rotatable bonds is 2. The largest absolute Gasteiger partial charge is 0.372 e. The SMILES string of the molecule is Cc1cc(N2CCCC2)ccc1C=C1SC(=S)NC1=O. The standard InChI is InChI=1S/C15H16N2OS2/c1-10-8-12(17-6-2-3-7-17)5-4-11(10)9-13-14(18)16-15(19)20-13/h4-5,8-9H,2-3,6-7H2,1H3,(H,16,18,19). The Kier molecular flexibility index (Phi) is 3.81. The maximum atomic E-state index is 11.7. The van der Waals surface area contributed by atoms with E-state index in [1.165, 1.54) is 35.9 Å². The minimum Gasteiger partial charge on any atom is -0.372 e. The number of benzene rings is 1. The predicted molar refractivity (Wildman–Crippen MR) is 88.9 cm³/mol. The van der Waals surface area contributed by atoms with Gasteiger partial charge in [0.15, 0.2) is 0 Å². The fourth-order valence-electron chi connectivity index (χ4n) is 2.56. The summed E-state index contributed by atoms with van der Waals surface area (Å²) in [6, 6.07) is 6.43. The van der Waals surface area contributed by atoms with Gasteiger partial charge in [-0.15, -0.1) is 0 Å². The van der Waals surface area contributed by atoms with Crippen LogP contribution in [0.5, 0.6) is 0 Å². The highest BCUT2D eigenvalue weighted by molar-refractivity contribution is 8.26. The molecular weight excluding hydrogens is 288 g/mol. The highest BCUT2D eigenvalue weighted by atomic mass is 32.2. The molecule has 1 N–H and O–H groups in total. The van der Waals surface area contributed by atoms with Crippen molar-refractivity contribution in [3.8, 4) is 0 Å². The van der Waals surface area contributed by atoms with Crippen molar-refractivity contribution in [2.24, 2.45) is 0 Å². The van der Waals surface area contributed by atoms with Crippen LogP contribution in [-0.4, -0.2) is 23.3 Å². The number of amides is 1. The molecule has 1 amide bonds. The van der Waals surface area contributed by atoms with E-state index in [0.717, 1.165) is 18.7 Å². The van der Waals surface area contributed by atoms with Gasteiger partial charge in [0, 0.05) is 18.8 Å². The Morgan fingerprint density at radius 1 is 1.35 bits per heavy atom. The summed E-state index contributed by atoms with van der Waals surface area (Å²) in [6.45, 7) is 4.38. The highest BCUT2D eigenvalue weighted by Crippen LogP contribution is 2.29. The second kappa shape index (κ2) is 5.58.